The highest BCUT2D eigenvalue weighted by molar-refractivity contribution is 8.14. The normalized spacial score (nSPS) is 24.9. The highest BCUT2D eigenvalue weighted by atomic mass is 32.2. The molecule has 5 rings (SSSR count). The molecule has 2 fully saturated rings. The second-order valence-electron chi connectivity index (χ2n) is 8.43. The zero-order valence-electron chi connectivity index (χ0n) is 16.9. The molecule has 0 spiro atoms. The molecule has 1 aromatic carbocycles. The zero-order valence-corrected chi connectivity index (χ0v) is 17.7. The lowest BCUT2D eigenvalue weighted by Gasteiger charge is -2.34. The summed E-state index contributed by atoms with van der Waals surface area (Å²) >= 11 is 1.80. The number of aliphatic imine (C=N–C) groups is 1. The maximum Gasteiger partial charge on any atom is 0.126 e. The molecular formula is C22H29FN4OS. The Labute approximate surface area is 175 Å². The van der Waals surface area contributed by atoms with Crippen LogP contribution >= 0.6 is 11.8 Å². The summed E-state index contributed by atoms with van der Waals surface area (Å²) in [5, 5.41) is 5.51. The minimum Gasteiger partial charge on any atom is -0.381 e. The largest absolute Gasteiger partial charge is 0.381 e. The summed E-state index contributed by atoms with van der Waals surface area (Å²) in [5.74, 6) is 0.800. The molecule has 2 aromatic rings. The Balaban J connectivity index is 1.38. The molecule has 1 saturated carbocycles. The van der Waals surface area contributed by atoms with Crippen LogP contribution in [0.15, 0.2) is 23.2 Å². The highest BCUT2D eigenvalue weighted by Crippen LogP contribution is 2.32. The van der Waals surface area contributed by atoms with Crippen molar-refractivity contribution >= 4 is 33.4 Å². The number of halogens is 1. The van der Waals surface area contributed by atoms with Crippen LogP contribution in [0.1, 0.15) is 38.3 Å². The standard InChI is InChI=1S/C22H29FN4OS/c1-14(27-6-8-28-9-7-27)20-13-29-22(26-20)19-11-15-10-16(23)12-18(21(15)25-19)24-17-4-2-3-5-17/h10-12,14,17,20,24-25H,2-9,13H2,1H3. The quantitative estimate of drug-likeness (QED) is 0.765. The van der Waals surface area contributed by atoms with E-state index in [1.807, 2.05) is 6.07 Å². The number of hydrogen-bond donors (Lipinski definition) is 2. The lowest BCUT2D eigenvalue weighted by Crippen LogP contribution is -2.47. The molecule has 0 radical (unpaired) electrons. The SMILES string of the molecule is CC(C1CSC(c2cc3cc(F)cc(NC4CCCC4)c3[nH]2)=N1)N1CCOCC1. The van der Waals surface area contributed by atoms with E-state index in [9.17, 15) is 4.39 Å². The van der Waals surface area contributed by atoms with Crippen molar-refractivity contribution in [1.82, 2.24) is 9.88 Å². The van der Waals surface area contributed by atoms with Crippen LogP contribution in [-0.2, 0) is 4.74 Å². The Morgan fingerprint density at radius 3 is 2.83 bits per heavy atom. The zero-order chi connectivity index (χ0) is 19.8. The van der Waals surface area contributed by atoms with E-state index in [0.717, 1.165) is 72.2 Å². The van der Waals surface area contributed by atoms with E-state index >= 15 is 0 Å². The first kappa shape index (κ1) is 19.4. The van der Waals surface area contributed by atoms with Gasteiger partial charge in [0.25, 0.3) is 0 Å². The van der Waals surface area contributed by atoms with E-state index in [2.05, 4.69) is 22.1 Å². The molecule has 2 atom stereocenters. The van der Waals surface area contributed by atoms with Gasteiger partial charge in [-0.05, 0) is 38.0 Å². The molecule has 2 unspecified atom stereocenters. The Morgan fingerprint density at radius 1 is 1.24 bits per heavy atom. The molecule has 1 aromatic heterocycles. The summed E-state index contributed by atoms with van der Waals surface area (Å²) in [6.45, 7) is 5.85. The summed E-state index contributed by atoms with van der Waals surface area (Å²) in [7, 11) is 0. The molecule has 0 bridgehead atoms. The van der Waals surface area contributed by atoms with Crippen molar-refractivity contribution in [3.05, 3.63) is 29.7 Å². The second-order valence-corrected chi connectivity index (χ2v) is 9.44. The number of morpholine rings is 1. The predicted octanol–water partition coefficient (Wildman–Crippen LogP) is 4.24. The van der Waals surface area contributed by atoms with Crippen LogP contribution in [0.2, 0.25) is 0 Å². The van der Waals surface area contributed by atoms with Gasteiger partial charge in [-0.25, -0.2) is 4.39 Å². The van der Waals surface area contributed by atoms with Gasteiger partial charge in [0.05, 0.1) is 36.2 Å². The van der Waals surface area contributed by atoms with Gasteiger partial charge in [0.2, 0.25) is 0 Å². The number of hydrogen-bond acceptors (Lipinski definition) is 5. The van der Waals surface area contributed by atoms with Crippen molar-refractivity contribution in [2.45, 2.75) is 50.7 Å². The van der Waals surface area contributed by atoms with Crippen LogP contribution in [0.5, 0.6) is 0 Å². The van der Waals surface area contributed by atoms with Gasteiger partial charge in [-0.3, -0.25) is 9.89 Å². The van der Waals surface area contributed by atoms with E-state index in [4.69, 9.17) is 9.73 Å². The Hall–Kier alpha value is -1.57. The molecule has 156 valence electrons. The van der Waals surface area contributed by atoms with Crippen LogP contribution in [-0.4, -0.2) is 65.1 Å². The molecule has 7 heteroatoms. The van der Waals surface area contributed by atoms with Crippen molar-refractivity contribution < 1.29 is 9.13 Å². The van der Waals surface area contributed by atoms with Crippen LogP contribution in [0.4, 0.5) is 10.1 Å². The first-order chi connectivity index (χ1) is 14.2. The summed E-state index contributed by atoms with van der Waals surface area (Å²) in [6, 6.07) is 6.42. The minimum absolute atomic E-state index is 0.191. The van der Waals surface area contributed by atoms with Crippen molar-refractivity contribution in [1.29, 1.82) is 0 Å². The number of benzene rings is 1. The molecule has 1 saturated heterocycles. The number of aromatic nitrogens is 1. The Kier molecular flexibility index (Phi) is 5.54. The van der Waals surface area contributed by atoms with Gasteiger partial charge < -0.3 is 15.0 Å². The molecule has 0 amide bonds. The third-order valence-corrected chi connectivity index (χ3v) is 7.60. The summed E-state index contributed by atoms with van der Waals surface area (Å²) < 4.78 is 19.7. The van der Waals surface area contributed by atoms with Crippen molar-refractivity contribution in [2.24, 2.45) is 4.99 Å². The lowest BCUT2D eigenvalue weighted by molar-refractivity contribution is 0.0169. The number of nitrogens with zero attached hydrogens (tertiary/aromatic N) is 2. The summed E-state index contributed by atoms with van der Waals surface area (Å²) in [4.78, 5) is 11.0. The third-order valence-electron chi connectivity index (χ3n) is 6.49. The van der Waals surface area contributed by atoms with Gasteiger partial charge in [0.1, 0.15) is 10.9 Å². The molecule has 1 aliphatic carbocycles. The first-order valence-corrected chi connectivity index (χ1v) is 11.8. The Bertz CT molecular complexity index is 902. The number of ether oxygens (including phenoxy) is 1. The van der Waals surface area contributed by atoms with E-state index in [-0.39, 0.29) is 11.9 Å². The highest BCUT2D eigenvalue weighted by Gasteiger charge is 2.30. The number of anilines is 1. The fraction of sp³-hybridized carbons (Fsp3) is 0.591. The first-order valence-electron chi connectivity index (χ1n) is 10.8. The maximum absolute atomic E-state index is 14.2. The predicted molar refractivity (Wildman–Crippen MR) is 119 cm³/mol. The van der Waals surface area contributed by atoms with Crippen molar-refractivity contribution in [2.75, 3.05) is 37.4 Å². The van der Waals surface area contributed by atoms with E-state index in [1.54, 1.807) is 23.9 Å². The molecule has 2 N–H and O–H groups in total. The molecule has 3 aliphatic rings. The van der Waals surface area contributed by atoms with E-state index in [0.29, 0.717) is 12.1 Å². The maximum atomic E-state index is 14.2. The number of nitrogens with one attached hydrogen (secondary N) is 2. The van der Waals surface area contributed by atoms with Crippen LogP contribution in [0.25, 0.3) is 10.9 Å². The van der Waals surface area contributed by atoms with Crippen LogP contribution in [0.3, 0.4) is 0 Å². The van der Waals surface area contributed by atoms with E-state index < -0.39 is 0 Å². The molecule has 2 aliphatic heterocycles. The average molecular weight is 417 g/mol. The topological polar surface area (TPSA) is 52.7 Å². The number of rotatable bonds is 5. The number of fused-ring (bicyclic) bond motifs is 1. The summed E-state index contributed by atoms with van der Waals surface area (Å²) in [5.41, 5.74) is 2.86. The third kappa shape index (κ3) is 4.05. The fourth-order valence-electron chi connectivity index (χ4n) is 4.74. The fourth-order valence-corrected chi connectivity index (χ4v) is 5.90. The number of H-pyrrole nitrogens is 1. The van der Waals surface area contributed by atoms with Crippen molar-refractivity contribution in [3.63, 3.8) is 0 Å². The number of thioether (sulfide) groups is 1. The van der Waals surface area contributed by atoms with Gasteiger partial charge in [0, 0.05) is 36.3 Å². The van der Waals surface area contributed by atoms with Crippen LogP contribution < -0.4 is 5.32 Å². The smallest absolute Gasteiger partial charge is 0.126 e. The Morgan fingerprint density at radius 2 is 2.03 bits per heavy atom. The van der Waals surface area contributed by atoms with Gasteiger partial charge >= 0.3 is 0 Å². The monoisotopic (exact) mass is 416 g/mol. The molecule has 5 nitrogen and oxygen atoms in total. The number of aromatic amines is 1. The van der Waals surface area contributed by atoms with Gasteiger partial charge in [0.15, 0.2) is 0 Å². The lowest BCUT2D eigenvalue weighted by atomic mass is 10.1. The second kappa shape index (κ2) is 8.28. The minimum atomic E-state index is -0.191. The van der Waals surface area contributed by atoms with Gasteiger partial charge in [-0.2, -0.15) is 0 Å². The average Bonchev–Trinajstić information content (AvgIpc) is 3.48. The molecular weight excluding hydrogens is 387 g/mol. The van der Waals surface area contributed by atoms with Crippen LogP contribution in [0, 0.1) is 5.82 Å². The van der Waals surface area contributed by atoms with Gasteiger partial charge in [-0.15, -0.1) is 11.8 Å². The van der Waals surface area contributed by atoms with Gasteiger partial charge in [-0.1, -0.05) is 12.8 Å². The molecule has 29 heavy (non-hydrogen) atoms. The van der Waals surface area contributed by atoms with Crippen molar-refractivity contribution in [3.8, 4) is 0 Å². The summed E-state index contributed by atoms with van der Waals surface area (Å²) in [6.07, 6.45) is 4.83. The molecule has 3 heterocycles. The van der Waals surface area contributed by atoms with E-state index in [1.165, 1.54) is 12.8 Å².